The molecular formula is C21H28NO7+. The van der Waals surface area contributed by atoms with Gasteiger partial charge in [0.05, 0.1) is 24.7 Å². The molecule has 158 valence electrons. The number of hydrogen-bond donors (Lipinski definition) is 1. The molecule has 8 nitrogen and oxygen atoms in total. The number of ether oxygens (including phenoxy) is 3. The van der Waals surface area contributed by atoms with E-state index in [4.69, 9.17) is 14.2 Å². The molecule has 1 N–H and O–H groups in total. The molecule has 0 aromatic carbocycles. The Morgan fingerprint density at radius 3 is 2.76 bits per heavy atom. The Morgan fingerprint density at radius 1 is 1.45 bits per heavy atom. The van der Waals surface area contributed by atoms with Crippen molar-refractivity contribution in [2.75, 3.05) is 26.7 Å². The summed E-state index contributed by atoms with van der Waals surface area (Å²) in [6, 6.07) is 0. The molecule has 0 radical (unpaired) electrons. The SMILES string of the molecule is C=C/C1=C\C(C)C(C)(OC(C)=O)C(=O)OCC2=CC[N+]3(C)CCC(OC1=O)C23O. The summed E-state index contributed by atoms with van der Waals surface area (Å²) in [7, 11) is 1.88. The zero-order chi connectivity index (χ0) is 21.6. The summed E-state index contributed by atoms with van der Waals surface area (Å²) in [6.45, 7) is 8.88. The zero-order valence-electron chi connectivity index (χ0n) is 17.3. The number of cyclic esters (lactones) is 1. The molecule has 5 atom stereocenters. The molecule has 0 aromatic heterocycles. The Bertz CT molecular complexity index is 831. The number of quaternary nitrogens is 1. The molecule has 3 rings (SSSR count). The quantitative estimate of drug-likeness (QED) is 0.316. The predicted octanol–water partition coefficient (Wildman–Crippen LogP) is 1.00. The highest BCUT2D eigenvalue weighted by atomic mass is 16.6. The van der Waals surface area contributed by atoms with Crippen LogP contribution in [-0.4, -0.2) is 71.7 Å². The van der Waals surface area contributed by atoms with Crippen LogP contribution < -0.4 is 0 Å². The van der Waals surface area contributed by atoms with Crippen molar-refractivity contribution in [1.82, 2.24) is 0 Å². The van der Waals surface area contributed by atoms with Gasteiger partial charge in [-0.2, -0.15) is 0 Å². The first kappa shape index (κ1) is 21.3. The number of rotatable bonds is 2. The maximum Gasteiger partial charge on any atom is 0.351 e. The van der Waals surface area contributed by atoms with Crippen LogP contribution in [0.4, 0.5) is 0 Å². The van der Waals surface area contributed by atoms with Gasteiger partial charge in [0.15, 0.2) is 6.10 Å². The summed E-state index contributed by atoms with van der Waals surface area (Å²) in [4.78, 5) is 37.4. The van der Waals surface area contributed by atoms with Crippen LogP contribution in [0.25, 0.3) is 0 Å². The number of likely N-dealkylation sites (N-methyl/N-ethyl adjacent to an activating group) is 1. The number of carbonyl (C=O) groups excluding carboxylic acids is 3. The van der Waals surface area contributed by atoms with E-state index in [1.807, 2.05) is 13.1 Å². The Labute approximate surface area is 170 Å². The van der Waals surface area contributed by atoms with E-state index >= 15 is 0 Å². The fourth-order valence-corrected chi connectivity index (χ4v) is 4.42. The molecule has 5 unspecified atom stereocenters. The molecule has 0 saturated carbocycles. The van der Waals surface area contributed by atoms with Gasteiger partial charge in [-0.3, -0.25) is 9.28 Å². The van der Waals surface area contributed by atoms with Gasteiger partial charge in [-0.1, -0.05) is 25.7 Å². The normalized spacial score (nSPS) is 41.6. The molecule has 0 aromatic rings. The Kier molecular flexibility index (Phi) is 5.21. The van der Waals surface area contributed by atoms with Crippen LogP contribution in [0.5, 0.6) is 0 Å². The zero-order valence-corrected chi connectivity index (χ0v) is 17.3. The summed E-state index contributed by atoms with van der Waals surface area (Å²) in [6.07, 6.45) is 4.32. The smallest absolute Gasteiger partial charge is 0.351 e. The van der Waals surface area contributed by atoms with E-state index in [0.29, 0.717) is 25.1 Å². The molecule has 0 bridgehead atoms. The Morgan fingerprint density at radius 2 is 2.14 bits per heavy atom. The minimum Gasteiger partial charge on any atom is -0.458 e. The third-order valence-electron chi connectivity index (χ3n) is 6.49. The van der Waals surface area contributed by atoms with E-state index in [0.717, 1.165) is 0 Å². The molecular weight excluding hydrogens is 378 g/mol. The van der Waals surface area contributed by atoms with Crippen molar-refractivity contribution in [2.45, 2.75) is 44.6 Å². The van der Waals surface area contributed by atoms with E-state index in [1.54, 1.807) is 6.92 Å². The van der Waals surface area contributed by atoms with Gasteiger partial charge < -0.3 is 19.3 Å². The lowest BCUT2D eigenvalue weighted by Gasteiger charge is -2.40. The number of hydrogen-bond acceptors (Lipinski definition) is 7. The Hall–Kier alpha value is -2.45. The number of carbonyl (C=O) groups is 3. The molecule has 0 amide bonds. The highest BCUT2D eigenvalue weighted by molar-refractivity contribution is 5.92. The standard InChI is InChI=1S/C21H28NO7/c1-6-15-11-13(2)20(4,29-14(3)23)19(25)27-12-16-7-9-22(5)10-8-17(21(16,22)26)28-18(15)24/h6-7,11,13,17,26H,1,8-10,12H2,2-5H3/q+1/b15-11+. The van der Waals surface area contributed by atoms with Gasteiger partial charge in [0.25, 0.3) is 5.72 Å². The molecule has 3 aliphatic rings. The second kappa shape index (κ2) is 7.11. The maximum atomic E-state index is 12.9. The molecule has 1 saturated heterocycles. The van der Waals surface area contributed by atoms with Crippen molar-refractivity contribution >= 4 is 17.9 Å². The van der Waals surface area contributed by atoms with Gasteiger partial charge in [-0.25, -0.2) is 9.59 Å². The number of nitrogens with zero attached hydrogens (tertiary/aromatic N) is 1. The highest BCUT2D eigenvalue weighted by Gasteiger charge is 2.65. The van der Waals surface area contributed by atoms with Crippen LogP contribution >= 0.6 is 0 Å². The fraction of sp³-hybridized carbons (Fsp3) is 0.571. The summed E-state index contributed by atoms with van der Waals surface area (Å²) in [5, 5.41) is 11.5. The van der Waals surface area contributed by atoms with Crippen LogP contribution in [0.2, 0.25) is 0 Å². The third kappa shape index (κ3) is 3.20. The van der Waals surface area contributed by atoms with Gasteiger partial charge in [-0.15, -0.1) is 0 Å². The molecule has 1 fully saturated rings. The molecule has 0 spiro atoms. The van der Waals surface area contributed by atoms with Gasteiger partial charge in [0.2, 0.25) is 5.60 Å². The predicted molar refractivity (Wildman–Crippen MR) is 102 cm³/mol. The largest absolute Gasteiger partial charge is 0.458 e. The van der Waals surface area contributed by atoms with Crippen LogP contribution in [-0.2, 0) is 28.6 Å². The lowest BCUT2D eigenvalue weighted by molar-refractivity contribution is -0.955. The molecule has 3 aliphatic heterocycles. The summed E-state index contributed by atoms with van der Waals surface area (Å²) in [5.41, 5.74) is -2.54. The second-order valence-corrected chi connectivity index (χ2v) is 8.33. The lowest BCUT2D eigenvalue weighted by atomic mass is 9.88. The average molecular weight is 406 g/mol. The monoisotopic (exact) mass is 406 g/mol. The summed E-state index contributed by atoms with van der Waals surface area (Å²) in [5.74, 6) is -2.75. The minimum absolute atomic E-state index is 0.123. The number of aliphatic hydroxyl groups is 1. The highest BCUT2D eigenvalue weighted by Crippen LogP contribution is 2.45. The molecule has 8 heteroatoms. The van der Waals surface area contributed by atoms with Crippen LogP contribution in [0.1, 0.15) is 27.2 Å². The van der Waals surface area contributed by atoms with Crippen molar-refractivity contribution in [1.29, 1.82) is 0 Å². The van der Waals surface area contributed by atoms with E-state index in [1.165, 1.54) is 26.0 Å². The van der Waals surface area contributed by atoms with Crippen molar-refractivity contribution in [3.8, 4) is 0 Å². The van der Waals surface area contributed by atoms with Crippen molar-refractivity contribution < 1.29 is 38.2 Å². The molecule has 0 aliphatic carbocycles. The van der Waals surface area contributed by atoms with Crippen molar-refractivity contribution in [3.05, 3.63) is 36.0 Å². The van der Waals surface area contributed by atoms with Crippen LogP contribution in [0.3, 0.4) is 0 Å². The van der Waals surface area contributed by atoms with Crippen molar-refractivity contribution in [3.63, 3.8) is 0 Å². The third-order valence-corrected chi connectivity index (χ3v) is 6.49. The topological polar surface area (TPSA) is 99.1 Å². The Balaban J connectivity index is 2.08. The van der Waals surface area contributed by atoms with Crippen molar-refractivity contribution in [2.24, 2.45) is 5.92 Å². The second-order valence-electron chi connectivity index (χ2n) is 8.33. The van der Waals surface area contributed by atoms with E-state index in [9.17, 15) is 19.5 Å². The summed E-state index contributed by atoms with van der Waals surface area (Å²) >= 11 is 0. The summed E-state index contributed by atoms with van der Waals surface area (Å²) < 4.78 is 16.8. The van der Waals surface area contributed by atoms with E-state index < -0.39 is 41.3 Å². The molecule has 29 heavy (non-hydrogen) atoms. The first-order chi connectivity index (χ1) is 13.5. The number of esters is 3. The van der Waals surface area contributed by atoms with Gasteiger partial charge >= 0.3 is 17.9 Å². The first-order valence-corrected chi connectivity index (χ1v) is 9.66. The van der Waals surface area contributed by atoms with Gasteiger partial charge in [-0.05, 0) is 13.0 Å². The van der Waals surface area contributed by atoms with Crippen LogP contribution in [0.15, 0.2) is 36.0 Å². The van der Waals surface area contributed by atoms with Gasteiger partial charge in [0, 0.05) is 19.3 Å². The van der Waals surface area contributed by atoms with Crippen LogP contribution in [0, 0.1) is 5.92 Å². The fourth-order valence-electron chi connectivity index (χ4n) is 4.42. The molecule has 3 heterocycles. The van der Waals surface area contributed by atoms with E-state index in [-0.39, 0.29) is 16.7 Å². The lowest BCUT2D eigenvalue weighted by Crippen LogP contribution is -2.61. The van der Waals surface area contributed by atoms with E-state index in [2.05, 4.69) is 6.58 Å². The maximum absolute atomic E-state index is 12.9. The average Bonchev–Trinajstić information content (AvgIpc) is 3.04. The first-order valence-electron chi connectivity index (χ1n) is 9.66. The minimum atomic E-state index is -1.66. The van der Waals surface area contributed by atoms with Gasteiger partial charge in [0.1, 0.15) is 13.2 Å².